The van der Waals surface area contributed by atoms with Gasteiger partial charge in [-0.3, -0.25) is 0 Å². The van der Waals surface area contributed by atoms with Crippen molar-refractivity contribution < 1.29 is 4.74 Å². The molecule has 0 spiro atoms. The van der Waals surface area contributed by atoms with Gasteiger partial charge in [0.25, 0.3) is 0 Å². The first-order chi connectivity index (χ1) is 11.4. The van der Waals surface area contributed by atoms with Gasteiger partial charge in [0.1, 0.15) is 0 Å². The van der Waals surface area contributed by atoms with Crippen molar-refractivity contribution >= 4 is 35.9 Å². The van der Waals surface area contributed by atoms with Crippen molar-refractivity contribution in [1.29, 1.82) is 0 Å². The smallest absolute Gasteiger partial charge is 0.225 e. The average Bonchev–Trinajstić information content (AvgIpc) is 2.60. The molecular weight excluding hydrogens is 431 g/mol. The maximum atomic E-state index is 6.30. The first kappa shape index (κ1) is 20.2. The molecule has 0 aromatic carbocycles. The van der Waals surface area contributed by atoms with Crippen molar-refractivity contribution in [3.63, 3.8) is 0 Å². The van der Waals surface area contributed by atoms with Crippen LogP contribution in [0, 0.1) is 11.3 Å². The molecule has 1 saturated carbocycles. The summed E-state index contributed by atoms with van der Waals surface area (Å²) in [5.74, 6) is 1.81. The molecule has 3 rings (SSSR count). The molecule has 1 saturated heterocycles. The molecule has 8 heteroatoms. The van der Waals surface area contributed by atoms with E-state index < -0.39 is 0 Å². The van der Waals surface area contributed by atoms with Crippen LogP contribution in [0.1, 0.15) is 20.8 Å². The number of hydrogen-bond acceptors (Lipinski definition) is 5. The van der Waals surface area contributed by atoms with Crippen LogP contribution in [0.25, 0.3) is 0 Å². The van der Waals surface area contributed by atoms with E-state index in [1.807, 2.05) is 6.07 Å². The Morgan fingerprint density at radius 3 is 2.36 bits per heavy atom. The largest absolute Gasteiger partial charge is 0.380 e. The van der Waals surface area contributed by atoms with Crippen molar-refractivity contribution in [2.75, 3.05) is 38.2 Å². The number of piperazine rings is 1. The van der Waals surface area contributed by atoms with Crippen molar-refractivity contribution in [2.24, 2.45) is 22.1 Å². The first-order valence-corrected chi connectivity index (χ1v) is 8.58. The van der Waals surface area contributed by atoms with Crippen LogP contribution in [0.4, 0.5) is 5.95 Å². The van der Waals surface area contributed by atoms with Crippen LogP contribution in [-0.4, -0.2) is 66.3 Å². The summed E-state index contributed by atoms with van der Waals surface area (Å²) in [5, 5.41) is 0. The van der Waals surface area contributed by atoms with Crippen molar-refractivity contribution in [2.45, 2.75) is 32.9 Å². The number of nitrogens with zero attached hydrogens (tertiary/aromatic N) is 5. The Morgan fingerprint density at radius 2 is 1.84 bits per heavy atom. The van der Waals surface area contributed by atoms with Crippen LogP contribution in [-0.2, 0) is 4.74 Å². The fourth-order valence-electron chi connectivity index (χ4n) is 4.19. The van der Waals surface area contributed by atoms with Gasteiger partial charge < -0.3 is 20.3 Å². The van der Waals surface area contributed by atoms with E-state index in [4.69, 9.17) is 15.5 Å². The summed E-state index contributed by atoms with van der Waals surface area (Å²) in [6.07, 6.45) is 3.79. The van der Waals surface area contributed by atoms with E-state index in [0.717, 1.165) is 32.1 Å². The highest BCUT2D eigenvalue weighted by atomic mass is 127. The minimum absolute atomic E-state index is 0. The van der Waals surface area contributed by atoms with Gasteiger partial charge in [-0.05, 0) is 6.07 Å². The third kappa shape index (κ3) is 3.84. The van der Waals surface area contributed by atoms with Gasteiger partial charge in [0.05, 0.1) is 12.1 Å². The number of aliphatic imine (C=N–C) groups is 1. The number of halogens is 1. The molecule has 2 aliphatic rings. The topological polar surface area (TPSA) is 79.9 Å². The molecule has 140 valence electrons. The lowest BCUT2D eigenvalue weighted by Gasteiger charge is -2.54. The van der Waals surface area contributed by atoms with E-state index in [1.165, 1.54) is 0 Å². The molecule has 1 aromatic heterocycles. The molecule has 0 bridgehead atoms. The molecule has 1 aliphatic heterocycles. The van der Waals surface area contributed by atoms with Gasteiger partial charge in [-0.2, -0.15) is 0 Å². The number of nitrogens with two attached hydrogens (primary N) is 1. The number of ether oxygens (including phenoxy) is 1. The van der Waals surface area contributed by atoms with Crippen LogP contribution in [0.5, 0.6) is 0 Å². The van der Waals surface area contributed by atoms with Crippen LogP contribution in [0.3, 0.4) is 0 Å². The zero-order chi connectivity index (χ0) is 17.3. The summed E-state index contributed by atoms with van der Waals surface area (Å²) in [5.41, 5.74) is 6.32. The second-order valence-corrected chi connectivity index (χ2v) is 7.29. The van der Waals surface area contributed by atoms with Gasteiger partial charge >= 0.3 is 0 Å². The Labute approximate surface area is 167 Å². The third-order valence-electron chi connectivity index (χ3n) is 5.44. The highest BCUT2D eigenvalue weighted by molar-refractivity contribution is 14.0. The first-order valence-electron chi connectivity index (χ1n) is 8.58. The van der Waals surface area contributed by atoms with Crippen LogP contribution >= 0.6 is 24.0 Å². The number of methoxy groups -OCH3 is 1. The van der Waals surface area contributed by atoms with Gasteiger partial charge in [0.2, 0.25) is 5.95 Å². The lowest BCUT2D eigenvalue weighted by atomic mass is 9.58. The zero-order valence-corrected chi connectivity index (χ0v) is 17.8. The van der Waals surface area contributed by atoms with E-state index >= 15 is 0 Å². The lowest BCUT2D eigenvalue weighted by Crippen LogP contribution is -2.61. The Hall–Kier alpha value is -1.16. The van der Waals surface area contributed by atoms with Crippen molar-refractivity contribution in [3.8, 4) is 0 Å². The minimum atomic E-state index is 0. The number of aromatic nitrogens is 2. The molecule has 2 fully saturated rings. The fourth-order valence-corrected chi connectivity index (χ4v) is 4.19. The van der Waals surface area contributed by atoms with Gasteiger partial charge in [-0.1, -0.05) is 20.8 Å². The molecule has 1 aromatic rings. The normalized spacial score (nSPS) is 29.0. The molecule has 0 radical (unpaired) electrons. The second kappa shape index (κ2) is 8.03. The van der Waals surface area contributed by atoms with E-state index in [0.29, 0.717) is 11.9 Å². The maximum Gasteiger partial charge on any atom is 0.225 e. The number of guanidine groups is 1. The number of rotatable bonds is 3. The Morgan fingerprint density at radius 1 is 1.24 bits per heavy atom. The predicted octanol–water partition coefficient (Wildman–Crippen LogP) is 1.59. The van der Waals surface area contributed by atoms with E-state index in [9.17, 15) is 0 Å². The molecule has 25 heavy (non-hydrogen) atoms. The SMILES string of the molecule is COC1C(C)C(N=C(N)N2CCN(c3ncccn3)CC2)C1(C)C.I. The summed E-state index contributed by atoms with van der Waals surface area (Å²) >= 11 is 0. The van der Waals surface area contributed by atoms with Crippen molar-refractivity contribution in [3.05, 3.63) is 18.5 Å². The lowest BCUT2D eigenvalue weighted by molar-refractivity contribution is -0.132. The zero-order valence-electron chi connectivity index (χ0n) is 15.4. The fraction of sp³-hybridized carbons (Fsp3) is 0.706. The van der Waals surface area contributed by atoms with Gasteiger partial charge in [-0.15, -0.1) is 24.0 Å². The molecule has 3 atom stereocenters. The summed E-state index contributed by atoms with van der Waals surface area (Å²) < 4.78 is 5.59. The monoisotopic (exact) mass is 460 g/mol. The maximum absolute atomic E-state index is 6.30. The molecule has 7 nitrogen and oxygen atoms in total. The summed E-state index contributed by atoms with van der Waals surface area (Å²) in [7, 11) is 1.77. The molecular formula is C17H29IN6O. The minimum Gasteiger partial charge on any atom is -0.380 e. The average molecular weight is 460 g/mol. The van der Waals surface area contributed by atoms with Gasteiger partial charge in [-0.25, -0.2) is 15.0 Å². The quantitative estimate of drug-likeness (QED) is 0.420. The summed E-state index contributed by atoms with van der Waals surface area (Å²) in [6.45, 7) is 9.97. The molecule has 2 heterocycles. The standard InChI is InChI=1S/C17H28N6O.HI/c1-12-13(17(2,3)14(12)24-4)21-15(18)22-8-10-23(11-9-22)16-19-6-5-7-20-16;/h5-7,12-14H,8-11H2,1-4H3,(H2,18,21);1H. The van der Waals surface area contributed by atoms with Crippen LogP contribution in [0.15, 0.2) is 23.5 Å². The second-order valence-electron chi connectivity index (χ2n) is 7.29. The van der Waals surface area contributed by atoms with Crippen LogP contribution in [0.2, 0.25) is 0 Å². The number of hydrogen-bond donors (Lipinski definition) is 1. The molecule has 0 amide bonds. The molecule has 3 unspecified atom stereocenters. The van der Waals surface area contributed by atoms with Crippen LogP contribution < -0.4 is 10.6 Å². The van der Waals surface area contributed by atoms with E-state index in [-0.39, 0.29) is 41.5 Å². The van der Waals surface area contributed by atoms with E-state index in [2.05, 4.69) is 40.5 Å². The number of anilines is 1. The summed E-state index contributed by atoms with van der Waals surface area (Å²) in [6, 6.07) is 2.04. The Bertz CT molecular complexity index is 588. The third-order valence-corrected chi connectivity index (χ3v) is 5.44. The van der Waals surface area contributed by atoms with Gasteiger partial charge in [0, 0.05) is 57.0 Å². The highest BCUT2D eigenvalue weighted by Gasteiger charge is 2.55. The highest BCUT2D eigenvalue weighted by Crippen LogP contribution is 2.48. The van der Waals surface area contributed by atoms with E-state index in [1.54, 1.807) is 19.5 Å². The molecule has 1 aliphatic carbocycles. The predicted molar refractivity (Wildman–Crippen MR) is 110 cm³/mol. The Kier molecular flexibility index (Phi) is 6.47. The molecule has 2 N–H and O–H groups in total. The van der Waals surface area contributed by atoms with Crippen molar-refractivity contribution in [1.82, 2.24) is 14.9 Å². The summed E-state index contributed by atoms with van der Waals surface area (Å²) in [4.78, 5) is 17.8. The Balaban J connectivity index is 0.00000225. The van der Waals surface area contributed by atoms with Gasteiger partial charge in [0.15, 0.2) is 5.96 Å².